The molecule has 0 radical (unpaired) electrons. The average molecular weight is 425 g/mol. The lowest BCUT2D eigenvalue weighted by atomic mass is 10.2. The molecule has 7 heteroatoms. The van der Waals surface area contributed by atoms with E-state index in [-0.39, 0.29) is 24.8 Å². The maximum Gasteiger partial charge on any atom is 0.416 e. The maximum absolute atomic E-state index is 12.7. The normalized spacial score (nSPS) is 10.5. The summed E-state index contributed by atoms with van der Waals surface area (Å²) in [5.41, 5.74) is -0.435. The number of halogens is 3. The van der Waals surface area contributed by atoms with Gasteiger partial charge in [0.1, 0.15) is 23.9 Å². The number of para-hydroxylation sites is 2. The Hall–Kier alpha value is -3.92. The summed E-state index contributed by atoms with van der Waals surface area (Å²) in [6.45, 7) is -0.0602. The molecule has 1 N–H and O–H groups in total. The minimum atomic E-state index is -4.43. The van der Waals surface area contributed by atoms with Crippen LogP contribution in [0.5, 0.6) is 17.2 Å². The number of amides is 1. The zero-order valence-electron chi connectivity index (χ0n) is 16.3. The molecule has 0 aliphatic rings. The molecule has 0 aromatic heterocycles. The molecule has 0 bridgehead atoms. The van der Waals surface area contributed by atoms with E-state index in [1.165, 1.54) is 12.1 Å². The fourth-order valence-corrected chi connectivity index (χ4v) is 2.57. The zero-order valence-corrected chi connectivity index (χ0v) is 16.3. The number of ether oxygens (including phenoxy) is 2. The molecule has 1 amide bonds. The highest BCUT2D eigenvalue weighted by atomic mass is 19.4. The van der Waals surface area contributed by atoms with E-state index < -0.39 is 11.7 Å². The molecular formula is C24H18F3NO3. The van der Waals surface area contributed by atoms with Gasteiger partial charge in [-0.3, -0.25) is 4.79 Å². The minimum absolute atomic E-state index is 0.0461. The zero-order chi connectivity index (χ0) is 22.1. The van der Waals surface area contributed by atoms with Crippen LogP contribution in [0.3, 0.4) is 0 Å². The molecule has 3 aromatic rings. The smallest absolute Gasteiger partial charge is 0.416 e. The third-order valence-electron chi connectivity index (χ3n) is 4.04. The van der Waals surface area contributed by atoms with Crippen molar-refractivity contribution in [1.29, 1.82) is 0 Å². The van der Waals surface area contributed by atoms with Crippen molar-refractivity contribution >= 4 is 5.91 Å². The first-order chi connectivity index (χ1) is 14.9. The van der Waals surface area contributed by atoms with Crippen molar-refractivity contribution < 1.29 is 27.4 Å². The van der Waals surface area contributed by atoms with Gasteiger partial charge in [0, 0.05) is 0 Å². The SMILES string of the molecule is O=C(NCC#CCOc1cccc(C(F)(F)F)c1)c1ccccc1Oc1ccccc1. The standard InChI is InChI=1S/C24H18F3NO3/c25-24(26,27)18-9-8-12-20(17-18)30-16-7-6-15-28-23(29)21-13-4-5-14-22(21)31-19-10-2-1-3-11-19/h1-5,8-14,17H,15-16H2,(H,28,29). The van der Waals surface area contributed by atoms with Crippen LogP contribution in [-0.4, -0.2) is 19.1 Å². The van der Waals surface area contributed by atoms with E-state index in [2.05, 4.69) is 17.2 Å². The number of hydrogen-bond acceptors (Lipinski definition) is 3. The van der Waals surface area contributed by atoms with E-state index in [4.69, 9.17) is 9.47 Å². The number of carbonyl (C=O) groups excluding carboxylic acids is 1. The van der Waals surface area contributed by atoms with Crippen LogP contribution in [0.2, 0.25) is 0 Å². The summed E-state index contributed by atoms with van der Waals surface area (Å²) in [6, 6.07) is 20.5. The molecule has 31 heavy (non-hydrogen) atoms. The molecule has 0 aliphatic carbocycles. The molecule has 0 fully saturated rings. The molecule has 0 saturated heterocycles. The lowest BCUT2D eigenvalue weighted by molar-refractivity contribution is -0.137. The summed E-state index contributed by atoms with van der Waals surface area (Å²) >= 11 is 0. The second-order valence-corrected chi connectivity index (χ2v) is 6.26. The predicted molar refractivity (Wildman–Crippen MR) is 110 cm³/mol. The van der Waals surface area contributed by atoms with Gasteiger partial charge < -0.3 is 14.8 Å². The predicted octanol–water partition coefficient (Wildman–Crippen LogP) is 5.31. The third-order valence-corrected chi connectivity index (χ3v) is 4.04. The second kappa shape index (κ2) is 10.2. The van der Waals surface area contributed by atoms with Gasteiger partial charge in [-0.05, 0) is 42.5 Å². The van der Waals surface area contributed by atoms with Gasteiger partial charge in [-0.2, -0.15) is 13.2 Å². The topological polar surface area (TPSA) is 47.6 Å². The summed E-state index contributed by atoms with van der Waals surface area (Å²) in [7, 11) is 0. The maximum atomic E-state index is 12.7. The molecule has 0 unspecified atom stereocenters. The molecule has 0 heterocycles. The fraction of sp³-hybridized carbons (Fsp3) is 0.125. The van der Waals surface area contributed by atoms with Crippen molar-refractivity contribution in [2.45, 2.75) is 6.18 Å². The first-order valence-corrected chi connectivity index (χ1v) is 9.29. The molecule has 3 rings (SSSR count). The Morgan fingerprint density at radius 1 is 0.871 bits per heavy atom. The number of hydrogen-bond donors (Lipinski definition) is 1. The Bertz CT molecular complexity index is 1090. The highest BCUT2D eigenvalue weighted by Gasteiger charge is 2.30. The summed E-state index contributed by atoms with van der Waals surface area (Å²) in [4.78, 5) is 12.4. The average Bonchev–Trinajstić information content (AvgIpc) is 2.77. The Balaban J connectivity index is 1.51. The van der Waals surface area contributed by atoms with E-state index in [9.17, 15) is 18.0 Å². The number of rotatable bonds is 6. The lowest BCUT2D eigenvalue weighted by Gasteiger charge is -2.10. The van der Waals surface area contributed by atoms with E-state index >= 15 is 0 Å². The Labute approximate surface area is 177 Å². The number of carbonyl (C=O) groups is 1. The summed E-state index contributed by atoms with van der Waals surface area (Å²) in [6.07, 6.45) is -4.43. The number of benzene rings is 3. The first kappa shape index (κ1) is 21.8. The van der Waals surface area contributed by atoms with Crippen LogP contribution < -0.4 is 14.8 Å². The second-order valence-electron chi connectivity index (χ2n) is 6.26. The van der Waals surface area contributed by atoms with E-state index in [0.29, 0.717) is 17.1 Å². The van der Waals surface area contributed by atoms with Gasteiger partial charge in [0.05, 0.1) is 17.7 Å². The molecular weight excluding hydrogens is 407 g/mol. The molecule has 4 nitrogen and oxygen atoms in total. The first-order valence-electron chi connectivity index (χ1n) is 9.29. The largest absolute Gasteiger partial charge is 0.481 e. The van der Waals surface area contributed by atoms with Crippen LogP contribution in [0.15, 0.2) is 78.9 Å². The Morgan fingerprint density at radius 2 is 1.58 bits per heavy atom. The van der Waals surface area contributed by atoms with Crippen molar-refractivity contribution in [3.8, 4) is 29.1 Å². The van der Waals surface area contributed by atoms with Gasteiger partial charge in [0.2, 0.25) is 0 Å². The van der Waals surface area contributed by atoms with Gasteiger partial charge in [-0.15, -0.1) is 0 Å². The molecule has 0 atom stereocenters. The van der Waals surface area contributed by atoms with Gasteiger partial charge >= 0.3 is 6.18 Å². The third kappa shape index (κ3) is 6.54. The van der Waals surface area contributed by atoms with Crippen LogP contribution in [0.1, 0.15) is 15.9 Å². The molecule has 158 valence electrons. The fourth-order valence-electron chi connectivity index (χ4n) is 2.57. The van der Waals surface area contributed by atoms with Crippen LogP contribution >= 0.6 is 0 Å². The van der Waals surface area contributed by atoms with Gasteiger partial charge in [-0.1, -0.05) is 48.2 Å². The van der Waals surface area contributed by atoms with Crippen LogP contribution in [0.25, 0.3) is 0 Å². The van der Waals surface area contributed by atoms with Crippen molar-refractivity contribution in [3.63, 3.8) is 0 Å². The molecule has 3 aromatic carbocycles. The van der Waals surface area contributed by atoms with Crippen molar-refractivity contribution in [2.24, 2.45) is 0 Å². The number of nitrogens with one attached hydrogen (secondary N) is 1. The Kier molecular flexibility index (Phi) is 7.17. The highest BCUT2D eigenvalue weighted by Crippen LogP contribution is 2.31. The summed E-state index contributed by atoms with van der Waals surface area (Å²) < 4.78 is 49.0. The van der Waals surface area contributed by atoms with Gasteiger partial charge in [0.15, 0.2) is 0 Å². The van der Waals surface area contributed by atoms with Gasteiger partial charge in [-0.25, -0.2) is 0 Å². The quantitative estimate of drug-likeness (QED) is 0.545. The molecule has 0 spiro atoms. The van der Waals surface area contributed by atoms with Crippen LogP contribution in [-0.2, 0) is 6.18 Å². The van der Waals surface area contributed by atoms with E-state index in [0.717, 1.165) is 12.1 Å². The highest BCUT2D eigenvalue weighted by molar-refractivity contribution is 5.97. The number of alkyl halides is 3. The monoisotopic (exact) mass is 425 g/mol. The van der Waals surface area contributed by atoms with Gasteiger partial charge in [0.25, 0.3) is 5.91 Å². The lowest BCUT2D eigenvalue weighted by Crippen LogP contribution is -2.24. The summed E-state index contributed by atoms with van der Waals surface area (Å²) in [5.74, 6) is 6.08. The molecule has 0 aliphatic heterocycles. The van der Waals surface area contributed by atoms with Crippen molar-refractivity contribution in [1.82, 2.24) is 5.32 Å². The molecule has 0 saturated carbocycles. The Morgan fingerprint density at radius 3 is 2.35 bits per heavy atom. The van der Waals surface area contributed by atoms with E-state index in [1.54, 1.807) is 36.4 Å². The van der Waals surface area contributed by atoms with Crippen molar-refractivity contribution in [3.05, 3.63) is 90.0 Å². The van der Waals surface area contributed by atoms with Crippen LogP contribution in [0, 0.1) is 11.8 Å². The summed E-state index contributed by atoms with van der Waals surface area (Å²) in [5, 5.41) is 2.66. The minimum Gasteiger partial charge on any atom is -0.481 e. The van der Waals surface area contributed by atoms with Crippen molar-refractivity contribution in [2.75, 3.05) is 13.2 Å². The van der Waals surface area contributed by atoms with E-state index in [1.807, 2.05) is 18.2 Å². The van der Waals surface area contributed by atoms with Crippen LogP contribution in [0.4, 0.5) is 13.2 Å².